The first-order chi connectivity index (χ1) is 11.3. The summed E-state index contributed by atoms with van der Waals surface area (Å²) in [6.45, 7) is 8.23. The molecular formula is C20H42N2O2. The van der Waals surface area contributed by atoms with Gasteiger partial charge in [-0.05, 0) is 12.8 Å². The zero-order chi connectivity index (χ0) is 18.8. The van der Waals surface area contributed by atoms with Gasteiger partial charge in [-0.3, -0.25) is 9.59 Å². The Labute approximate surface area is 150 Å². The Kier molecular flexibility index (Phi) is 17.6. The van der Waals surface area contributed by atoms with Gasteiger partial charge in [0.05, 0.1) is 0 Å². The summed E-state index contributed by atoms with van der Waals surface area (Å²) in [5, 5.41) is 0. The van der Waals surface area contributed by atoms with Crippen molar-refractivity contribution in [2.24, 2.45) is 16.9 Å². The van der Waals surface area contributed by atoms with E-state index >= 15 is 0 Å². The van der Waals surface area contributed by atoms with E-state index in [4.69, 9.17) is 11.5 Å². The predicted molar refractivity (Wildman–Crippen MR) is 104 cm³/mol. The highest BCUT2D eigenvalue weighted by atomic mass is 16.1. The molecule has 0 rings (SSSR count). The van der Waals surface area contributed by atoms with Gasteiger partial charge in [-0.15, -0.1) is 0 Å². The number of hydrogen-bond donors (Lipinski definition) is 2. The summed E-state index contributed by atoms with van der Waals surface area (Å²) in [7, 11) is 0. The van der Waals surface area contributed by atoms with E-state index in [9.17, 15) is 9.59 Å². The number of hydrogen-bond acceptors (Lipinski definition) is 2. The predicted octanol–water partition coefficient (Wildman–Crippen LogP) is 5.08. The second-order valence-corrected chi connectivity index (χ2v) is 7.40. The maximum Gasteiger partial charge on any atom is 0.223 e. The monoisotopic (exact) mass is 342 g/mol. The second-order valence-electron chi connectivity index (χ2n) is 7.40. The zero-order valence-corrected chi connectivity index (χ0v) is 16.7. The summed E-state index contributed by atoms with van der Waals surface area (Å²) in [5.41, 5.74) is 9.95. The fraction of sp³-hybridized carbons (Fsp3) is 0.900. The van der Waals surface area contributed by atoms with E-state index in [1.807, 2.05) is 13.8 Å². The number of amides is 2. The van der Waals surface area contributed by atoms with E-state index < -0.39 is 0 Å². The minimum absolute atomic E-state index is 0.163. The number of unbranched alkanes of at least 4 members (excludes halogenated alkanes) is 9. The van der Waals surface area contributed by atoms with Crippen molar-refractivity contribution >= 4 is 11.8 Å². The van der Waals surface area contributed by atoms with Gasteiger partial charge in [-0.2, -0.15) is 0 Å². The van der Waals surface area contributed by atoms with Crippen molar-refractivity contribution in [3.05, 3.63) is 0 Å². The van der Waals surface area contributed by atoms with Gasteiger partial charge >= 0.3 is 0 Å². The van der Waals surface area contributed by atoms with E-state index in [1.54, 1.807) is 0 Å². The molecule has 2 amide bonds. The van der Waals surface area contributed by atoms with Crippen LogP contribution in [0.3, 0.4) is 0 Å². The number of carbonyl (C=O) groups is 2. The Morgan fingerprint density at radius 1 is 0.708 bits per heavy atom. The van der Waals surface area contributed by atoms with E-state index in [0.29, 0.717) is 6.42 Å². The summed E-state index contributed by atoms with van der Waals surface area (Å²) < 4.78 is 0. The standard InChI is InChI=1S/2C10H21NO/c1-4-5-6-7-8-10(2,3)9(11)12;1-2-3-4-5-6-7-8-9-10(11)12/h4-8H2,1-3H3,(H2,11,12);2-9H2,1H3,(H2,11,12). The summed E-state index contributed by atoms with van der Waals surface area (Å²) >= 11 is 0. The first-order valence-corrected chi connectivity index (χ1v) is 9.86. The molecule has 24 heavy (non-hydrogen) atoms. The van der Waals surface area contributed by atoms with Gasteiger partial charge in [0.15, 0.2) is 0 Å². The van der Waals surface area contributed by atoms with Crippen molar-refractivity contribution in [1.29, 1.82) is 0 Å². The van der Waals surface area contributed by atoms with Crippen molar-refractivity contribution in [3.63, 3.8) is 0 Å². The van der Waals surface area contributed by atoms with Crippen molar-refractivity contribution in [3.8, 4) is 0 Å². The molecule has 0 saturated heterocycles. The molecule has 4 N–H and O–H groups in total. The first kappa shape index (κ1) is 25.2. The van der Waals surface area contributed by atoms with Gasteiger partial charge < -0.3 is 11.5 Å². The van der Waals surface area contributed by atoms with Gasteiger partial charge in [0.2, 0.25) is 11.8 Å². The van der Waals surface area contributed by atoms with Crippen molar-refractivity contribution < 1.29 is 9.59 Å². The molecule has 0 aliphatic rings. The molecule has 0 aromatic carbocycles. The van der Waals surface area contributed by atoms with Crippen LogP contribution in [0.5, 0.6) is 0 Å². The summed E-state index contributed by atoms with van der Waals surface area (Å²) in [4.78, 5) is 21.3. The van der Waals surface area contributed by atoms with Gasteiger partial charge in [-0.25, -0.2) is 0 Å². The molecule has 0 aliphatic carbocycles. The molecule has 0 spiro atoms. The highest BCUT2D eigenvalue weighted by Gasteiger charge is 2.23. The lowest BCUT2D eigenvalue weighted by molar-refractivity contribution is -0.126. The molecule has 0 aliphatic heterocycles. The molecule has 0 heterocycles. The molecule has 0 saturated carbocycles. The maximum absolute atomic E-state index is 10.9. The summed E-state index contributed by atoms with van der Waals surface area (Å²) in [6.07, 6.45) is 15.0. The number of primary amides is 2. The molecule has 0 fully saturated rings. The van der Waals surface area contributed by atoms with Crippen molar-refractivity contribution in [2.75, 3.05) is 0 Å². The molecule has 0 unspecified atom stereocenters. The Morgan fingerprint density at radius 2 is 1.12 bits per heavy atom. The fourth-order valence-corrected chi connectivity index (χ4v) is 2.37. The lowest BCUT2D eigenvalue weighted by Crippen LogP contribution is -2.31. The smallest absolute Gasteiger partial charge is 0.223 e. The van der Waals surface area contributed by atoms with Crippen molar-refractivity contribution in [1.82, 2.24) is 0 Å². The lowest BCUT2D eigenvalue weighted by atomic mass is 9.86. The van der Waals surface area contributed by atoms with Crippen molar-refractivity contribution in [2.45, 2.75) is 111 Å². The van der Waals surface area contributed by atoms with Crippen LogP contribution in [-0.4, -0.2) is 11.8 Å². The Hall–Kier alpha value is -1.06. The SMILES string of the molecule is CCCCCCC(C)(C)C(N)=O.CCCCCCCCCC(N)=O. The third-order valence-electron chi connectivity index (χ3n) is 4.35. The average Bonchev–Trinajstić information content (AvgIpc) is 2.51. The Balaban J connectivity index is 0. The molecular weight excluding hydrogens is 300 g/mol. The fourth-order valence-electron chi connectivity index (χ4n) is 2.37. The minimum Gasteiger partial charge on any atom is -0.370 e. The molecule has 144 valence electrons. The van der Waals surface area contributed by atoms with Crippen LogP contribution in [0.1, 0.15) is 111 Å². The van der Waals surface area contributed by atoms with E-state index in [2.05, 4.69) is 13.8 Å². The third kappa shape index (κ3) is 19.0. The first-order valence-electron chi connectivity index (χ1n) is 9.86. The number of nitrogens with two attached hydrogens (primary N) is 2. The van der Waals surface area contributed by atoms with E-state index in [1.165, 1.54) is 51.4 Å². The van der Waals surface area contributed by atoms with Gasteiger partial charge in [0.25, 0.3) is 0 Å². The maximum atomic E-state index is 10.9. The second kappa shape index (κ2) is 16.8. The molecule has 0 bridgehead atoms. The van der Waals surface area contributed by atoms with Gasteiger partial charge in [0, 0.05) is 11.8 Å². The lowest BCUT2D eigenvalue weighted by Gasteiger charge is -2.19. The third-order valence-corrected chi connectivity index (χ3v) is 4.35. The van der Waals surface area contributed by atoms with Crippen LogP contribution in [0.25, 0.3) is 0 Å². The van der Waals surface area contributed by atoms with Crippen LogP contribution in [0.2, 0.25) is 0 Å². The van der Waals surface area contributed by atoms with Crippen LogP contribution in [0.15, 0.2) is 0 Å². The summed E-state index contributed by atoms with van der Waals surface area (Å²) in [5.74, 6) is -0.345. The van der Waals surface area contributed by atoms with Crippen LogP contribution in [0.4, 0.5) is 0 Å². The van der Waals surface area contributed by atoms with Crippen LogP contribution < -0.4 is 11.5 Å². The van der Waals surface area contributed by atoms with E-state index in [0.717, 1.165) is 25.7 Å². The molecule has 0 atom stereocenters. The quantitative estimate of drug-likeness (QED) is 0.431. The average molecular weight is 343 g/mol. The highest BCUT2D eigenvalue weighted by Crippen LogP contribution is 2.22. The van der Waals surface area contributed by atoms with Gasteiger partial charge in [-0.1, -0.05) is 91.9 Å². The minimum atomic E-state index is -0.312. The number of rotatable bonds is 14. The Morgan fingerprint density at radius 3 is 1.54 bits per heavy atom. The van der Waals surface area contributed by atoms with Crippen LogP contribution in [0, 0.1) is 5.41 Å². The number of carbonyl (C=O) groups excluding carboxylic acids is 2. The van der Waals surface area contributed by atoms with E-state index in [-0.39, 0.29) is 17.2 Å². The topological polar surface area (TPSA) is 86.2 Å². The van der Waals surface area contributed by atoms with Gasteiger partial charge in [0.1, 0.15) is 0 Å². The molecule has 4 nitrogen and oxygen atoms in total. The van der Waals surface area contributed by atoms with Crippen LogP contribution in [-0.2, 0) is 9.59 Å². The Bertz CT molecular complexity index is 315. The molecule has 0 aromatic heterocycles. The summed E-state index contributed by atoms with van der Waals surface area (Å²) in [6, 6.07) is 0. The normalized spacial score (nSPS) is 10.8. The molecule has 0 radical (unpaired) electrons. The molecule has 0 aromatic rings. The highest BCUT2D eigenvalue weighted by molar-refractivity contribution is 5.79. The zero-order valence-electron chi connectivity index (χ0n) is 16.7. The molecule has 4 heteroatoms. The van der Waals surface area contributed by atoms with Crippen LogP contribution >= 0.6 is 0 Å². The largest absolute Gasteiger partial charge is 0.370 e.